The molecule has 3 saturated heterocycles. The van der Waals surface area contributed by atoms with Crippen LogP contribution in [0.25, 0.3) is 32.8 Å². The molecule has 7 rings (SSSR count). The van der Waals surface area contributed by atoms with Crippen LogP contribution in [0.2, 0.25) is 5.02 Å². The Hall–Kier alpha value is -3.14. The number of fused-ring (bicyclic) bond motifs is 3. The Morgan fingerprint density at radius 2 is 1.88 bits per heavy atom. The number of nitrogens with zero attached hydrogens (tertiary/aromatic N) is 4. The Morgan fingerprint density at radius 3 is 2.69 bits per heavy atom. The number of β-amino-alcohol motifs (C(OH)–C–C–N with tert-alkyl or cyclic N) is 1. The maximum Gasteiger partial charge on any atom is 0.319 e. The first-order chi connectivity index (χ1) is 20.1. The van der Waals surface area contributed by atoms with Gasteiger partial charge in [-0.2, -0.15) is 9.97 Å². The van der Waals surface area contributed by atoms with E-state index >= 15 is 8.78 Å². The second-order valence-corrected chi connectivity index (χ2v) is 12.7. The molecule has 3 aliphatic rings. The highest BCUT2D eigenvalue weighted by Crippen LogP contribution is 2.43. The van der Waals surface area contributed by atoms with Crippen molar-refractivity contribution in [1.82, 2.24) is 14.9 Å². The molecule has 0 aliphatic carbocycles. The minimum Gasteiger partial charge on any atom is -0.461 e. The number of anilines is 1. The zero-order valence-electron chi connectivity index (χ0n) is 23.3. The largest absolute Gasteiger partial charge is 0.461 e. The van der Waals surface area contributed by atoms with E-state index < -0.39 is 28.9 Å². The summed E-state index contributed by atoms with van der Waals surface area (Å²) < 4.78 is 53.1. The number of aliphatic hydroxyl groups is 1. The summed E-state index contributed by atoms with van der Waals surface area (Å²) in [4.78, 5) is 13.1. The molecule has 0 bridgehead atoms. The predicted octanol–water partition coefficient (Wildman–Crippen LogP) is 6.69. The predicted molar refractivity (Wildman–Crippen MR) is 158 cm³/mol. The van der Waals surface area contributed by atoms with E-state index in [4.69, 9.17) is 16.3 Å². The third-order valence-corrected chi connectivity index (χ3v) is 9.49. The summed E-state index contributed by atoms with van der Waals surface area (Å²) in [6, 6.07) is 11.7. The molecule has 3 atom stereocenters. The van der Waals surface area contributed by atoms with Crippen LogP contribution in [0.5, 0.6) is 6.01 Å². The molecule has 42 heavy (non-hydrogen) atoms. The van der Waals surface area contributed by atoms with Gasteiger partial charge >= 0.3 is 6.01 Å². The molecule has 3 aromatic carbocycles. The van der Waals surface area contributed by atoms with E-state index in [1.807, 2.05) is 17.0 Å². The first-order valence-corrected chi connectivity index (χ1v) is 14.9. The van der Waals surface area contributed by atoms with E-state index in [1.165, 1.54) is 6.07 Å². The van der Waals surface area contributed by atoms with Gasteiger partial charge in [0.1, 0.15) is 29.9 Å². The van der Waals surface area contributed by atoms with Crippen LogP contribution in [0.4, 0.5) is 19.0 Å². The quantitative estimate of drug-likeness (QED) is 0.277. The number of piperidine rings is 1. The van der Waals surface area contributed by atoms with E-state index in [1.54, 1.807) is 31.2 Å². The second kappa shape index (κ2) is 10.2. The fourth-order valence-electron chi connectivity index (χ4n) is 7.26. The zero-order chi connectivity index (χ0) is 29.2. The van der Waals surface area contributed by atoms with Crippen LogP contribution in [-0.2, 0) is 0 Å². The minimum absolute atomic E-state index is 0.0568. The zero-order valence-corrected chi connectivity index (χ0v) is 24.1. The molecule has 4 aromatic rings. The number of ether oxygens (including phenoxy) is 1. The normalized spacial score (nSPS) is 26.3. The molecule has 1 aromatic heterocycles. The lowest BCUT2D eigenvalue weighted by Crippen LogP contribution is -2.46. The smallest absolute Gasteiger partial charge is 0.319 e. The fraction of sp³-hybridized carbons (Fsp3) is 0.438. The van der Waals surface area contributed by atoms with Crippen LogP contribution >= 0.6 is 11.6 Å². The van der Waals surface area contributed by atoms with Gasteiger partial charge < -0.3 is 14.7 Å². The summed E-state index contributed by atoms with van der Waals surface area (Å²) in [5.74, 6) is -1.32. The van der Waals surface area contributed by atoms with E-state index in [-0.39, 0.29) is 35.6 Å². The first-order valence-electron chi connectivity index (χ1n) is 14.5. The first kappa shape index (κ1) is 27.7. The molecular formula is C32H32ClF3N4O2. The molecular weight excluding hydrogens is 565 g/mol. The van der Waals surface area contributed by atoms with Gasteiger partial charge in [-0.3, -0.25) is 4.90 Å². The van der Waals surface area contributed by atoms with Crippen molar-refractivity contribution in [2.75, 3.05) is 37.7 Å². The van der Waals surface area contributed by atoms with Crippen molar-refractivity contribution >= 4 is 39.1 Å². The Bertz CT molecular complexity index is 1700. The van der Waals surface area contributed by atoms with Gasteiger partial charge in [-0.25, -0.2) is 13.2 Å². The highest BCUT2D eigenvalue weighted by Gasteiger charge is 2.49. The van der Waals surface area contributed by atoms with Gasteiger partial charge in [-0.15, -0.1) is 0 Å². The average molecular weight is 597 g/mol. The SMILES string of the molecule is C[C@@]1(O)CCCN(c2nc(OCC34CCCN3C[C@H](F)C4)nc3c(F)c(-c4cccc5cccc(Cl)c45)c(F)cc23)C1. The molecule has 4 heterocycles. The molecule has 6 nitrogen and oxygen atoms in total. The summed E-state index contributed by atoms with van der Waals surface area (Å²) in [7, 11) is 0. The summed E-state index contributed by atoms with van der Waals surface area (Å²) in [5, 5.41) is 12.7. The van der Waals surface area contributed by atoms with Crippen LogP contribution < -0.4 is 9.64 Å². The van der Waals surface area contributed by atoms with Crippen LogP contribution in [0.1, 0.15) is 39.0 Å². The lowest BCUT2D eigenvalue weighted by atomic mass is 9.94. The van der Waals surface area contributed by atoms with Crippen LogP contribution in [0.3, 0.4) is 0 Å². The van der Waals surface area contributed by atoms with E-state index in [0.29, 0.717) is 54.1 Å². The number of rotatable bonds is 5. The van der Waals surface area contributed by atoms with Crippen molar-refractivity contribution in [3.05, 3.63) is 59.1 Å². The average Bonchev–Trinajstić information content (AvgIpc) is 3.47. The van der Waals surface area contributed by atoms with Crippen LogP contribution in [-0.4, -0.2) is 70.1 Å². The topological polar surface area (TPSA) is 61.7 Å². The van der Waals surface area contributed by atoms with Crippen molar-refractivity contribution in [3.63, 3.8) is 0 Å². The van der Waals surface area contributed by atoms with Crippen LogP contribution in [0, 0.1) is 11.6 Å². The number of aromatic nitrogens is 2. The molecule has 0 radical (unpaired) electrons. The summed E-state index contributed by atoms with van der Waals surface area (Å²) in [5.41, 5.74) is -1.44. The Balaban J connectivity index is 1.38. The number of halogens is 4. The summed E-state index contributed by atoms with van der Waals surface area (Å²) in [6.45, 7) is 3.88. The molecule has 3 aliphatic heterocycles. The fourth-order valence-corrected chi connectivity index (χ4v) is 7.55. The monoisotopic (exact) mass is 596 g/mol. The lowest BCUT2D eigenvalue weighted by molar-refractivity contribution is 0.0447. The molecule has 220 valence electrons. The van der Waals surface area contributed by atoms with Crippen molar-refractivity contribution < 1.29 is 23.0 Å². The third kappa shape index (κ3) is 4.66. The molecule has 3 fully saturated rings. The molecule has 0 saturated carbocycles. The maximum atomic E-state index is 16.6. The Kier molecular flexibility index (Phi) is 6.75. The van der Waals surface area contributed by atoms with Crippen LogP contribution in [0.15, 0.2) is 42.5 Å². The number of alkyl halides is 1. The van der Waals surface area contributed by atoms with E-state index in [2.05, 4.69) is 14.9 Å². The molecule has 0 amide bonds. The summed E-state index contributed by atoms with van der Waals surface area (Å²) in [6.07, 6.45) is 2.49. The maximum absolute atomic E-state index is 16.6. The van der Waals surface area contributed by atoms with Crippen molar-refractivity contribution in [1.29, 1.82) is 0 Å². The second-order valence-electron chi connectivity index (χ2n) is 12.3. The van der Waals surface area contributed by atoms with E-state index in [0.717, 1.165) is 24.8 Å². The van der Waals surface area contributed by atoms with Gasteiger partial charge in [0, 0.05) is 41.9 Å². The van der Waals surface area contributed by atoms with Gasteiger partial charge in [-0.05, 0) is 62.2 Å². The van der Waals surface area contributed by atoms with Crippen molar-refractivity contribution in [2.45, 2.75) is 56.3 Å². The van der Waals surface area contributed by atoms with Gasteiger partial charge in [0.2, 0.25) is 0 Å². The van der Waals surface area contributed by atoms with Gasteiger partial charge in [0.25, 0.3) is 0 Å². The number of hydrogen-bond donors (Lipinski definition) is 1. The molecule has 1 unspecified atom stereocenters. The highest BCUT2D eigenvalue weighted by atomic mass is 35.5. The number of benzene rings is 3. The van der Waals surface area contributed by atoms with E-state index in [9.17, 15) is 9.50 Å². The number of hydrogen-bond acceptors (Lipinski definition) is 6. The van der Waals surface area contributed by atoms with Gasteiger partial charge in [-0.1, -0.05) is 41.9 Å². The van der Waals surface area contributed by atoms with Gasteiger partial charge in [0.15, 0.2) is 5.82 Å². The van der Waals surface area contributed by atoms with Gasteiger partial charge in [0.05, 0.1) is 16.7 Å². The molecule has 1 N–H and O–H groups in total. The summed E-state index contributed by atoms with van der Waals surface area (Å²) >= 11 is 6.52. The Labute approximate surface area is 247 Å². The minimum atomic E-state index is -0.990. The molecule has 0 spiro atoms. The third-order valence-electron chi connectivity index (χ3n) is 9.17. The standard InChI is InChI=1S/C32H32ClF3N4O2/c1-31(41)10-4-12-39(17-31)29-22-14-24(35)26(21-8-2-6-19-7-3-9-23(33)25(19)21)27(36)28(22)37-30(38-29)42-18-32-11-5-13-40(32)16-20(34)15-32/h2-3,6-9,14,20,41H,4-5,10-13,15-18H2,1H3/t20-,31-,32?/m1/s1. The van der Waals surface area contributed by atoms with Crippen molar-refractivity contribution in [3.8, 4) is 17.1 Å². The highest BCUT2D eigenvalue weighted by molar-refractivity contribution is 6.36. The Morgan fingerprint density at radius 1 is 1.10 bits per heavy atom. The molecule has 10 heteroatoms. The lowest BCUT2D eigenvalue weighted by Gasteiger charge is -2.38. The van der Waals surface area contributed by atoms with Crippen molar-refractivity contribution in [2.24, 2.45) is 0 Å².